The fourth-order valence-electron chi connectivity index (χ4n) is 3.07. The predicted molar refractivity (Wildman–Crippen MR) is 99.9 cm³/mol. The standard InChI is InChI=1S/C19H17N5O3/c1-10-9-20-19(27-10)22-17(25)15-11(2)21-16-14(13-7-5-4-6-8-13)12(3)23-24(16)18(15)26/h4-9,23H,1-3H3,(H,20,22,25). The zero-order valence-corrected chi connectivity index (χ0v) is 15.0. The molecule has 1 amide bonds. The van der Waals surface area contributed by atoms with Crippen molar-refractivity contribution in [3.63, 3.8) is 0 Å². The van der Waals surface area contributed by atoms with Gasteiger partial charge in [0.15, 0.2) is 5.65 Å². The van der Waals surface area contributed by atoms with Crippen LogP contribution in [0.1, 0.15) is 27.5 Å². The monoisotopic (exact) mass is 363 g/mol. The number of benzene rings is 1. The number of fused-ring (bicyclic) bond motifs is 1. The van der Waals surface area contributed by atoms with E-state index in [1.54, 1.807) is 13.8 Å². The molecule has 0 spiro atoms. The minimum atomic E-state index is -0.616. The molecular formula is C19H17N5O3. The second-order valence-corrected chi connectivity index (χ2v) is 6.24. The van der Waals surface area contributed by atoms with Gasteiger partial charge in [-0.25, -0.2) is 14.5 Å². The van der Waals surface area contributed by atoms with E-state index in [0.717, 1.165) is 16.8 Å². The number of aromatic nitrogens is 4. The lowest BCUT2D eigenvalue weighted by Gasteiger charge is -2.06. The van der Waals surface area contributed by atoms with Crippen molar-refractivity contribution < 1.29 is 9.21 Å². The number of aryl methyl sites for hydroxylation is 3. The molecule has 8 nitrogen and oxygen atoms in total. The lowest BCUT2D eigenvalue weighted by molar-refractivity contribution is 0.102. The van der Waals surface area contributed by atoms with Crippen LogP contribution in [0.4, 0.5) is 6.01 Å². The normalized spacial score (nSPS) is 11.1. The Bertz CT molecular complexity index is 1220. The topological polar surface area (TPSA) is 105 Å². The maximum Gasteiger partial charge on any atom is 0.301 e. The molecule has 27 heavy (non-hydrogen) atoms. The second-order valence-electron chi connectivity index (χ2n) is 6.24. The molecule has 0 saturated heterocycles. The SMILES string of the molecule is Cc1cnc(NC(=O)c2c(C)nc3c(-c4ccccc4)c(C)[nH]n3c2=O)o1. The Morgan fingerprint density at radius 2 is 1.93 bits per heavy atom. The minimum absolute atomic E-state index is 0.0361. The third-order valence-electron chi connectivity index (χ3n) is 4.27. The number of carbonyl (C=O) groups excluding carboxylic acids is 1. The summed E-state index contributed by atoms with van der Waals surface area (Å²) in [6.07, 6.45) is 1.48. The van der Waals surface area contributed by atoms with Crippen LogP contribution in [0.15, 0.2) is 45.7 Å². The number of nitrogens with one attached hydrogen (secondary N) is 2. The van der Waals surface area contributed by atoms with E-state index in [1.165, 1.54) is 10.7 Å². The zero-order valence-electron chi connectivity index (χ0n) is 15.0. The van der Waals surface area contributed by atoms with Crippen molar-refractivity contribution in [2.24, 2.45) is 0 Å². The Labute approximate surface area is 153 Å². The lowest BCUT2D eigenvalue weighted by Crippen LogP contribution is -2.29. The van der Waals surface area contributed by atoms with Crippen LogP contribution in [-0.2, 0) is 0 Å². The van der Waals surface area contributed by atoms with Crippen LogP contribution in [0.5, 0.6) is 0 Å². The second kappa shape index (κ2) is 6.24. The zero-order chi connectivity index (χ0) is 19.1. The quantitative estimate of drug-likeness (QED) is 0.582. The van der Waals surface area contributed by atoms with Crippen molar-refractivity contribution >= 4 is 17.6 Å². The smallest absolute Gasteiger partial charge is 0.301 e. The highest BCUT2D eigenvalue weighted by molar-refractivity contribution is 6.04. The van der Waals surface area contributed by atoms with Gasteiger partial charge < -0.3 is 4.42 Å². The third kappa shape index (κ3) is 2.80. The van der Waals surface area contributed by atoms with Crippen LogP contribution in [0, 0.1) is 20.8 Å². The Morgan fingerprint density at radius 3 is 2.59 bits per heavy atom. The largest absolute Gasteiger partial charge is 0.429 e. The molecule has 136 valence electrons. The summed E-state index contributed by atoms with van der Waals surface area (Å²) < 4.78 is 6.54. The number of H-pyrrole nitrogens is 1. The van der Waals surface area contributed by atoms with Gasteiger partial charge in [0.05, 0.1) is 11.9 Å². The molecule has 2 N–H and O–H groups in total. The van der Waals surface area contributed by atoms with Gasteiger partial charge in [-0.1, -0.05) is 30.3 Å². The first-order valence-corrected chi connectivity index (χ1v) is 8.37. The maximum atomic E-state index is 13.0. The number of amides is 1. The van der Waals surface area contributed by atoms with E-state index in [4.69, 9.17) is 4.42 Å². The highest BCUT2D eigenvalue weighted by atomic mass is 16.4. The summed E-state index contributed by atoms with van der Waals surface area (Å²) in [5, 5.41) is 5.50. The number of nitrogens with zero attached hydrogens (tertiary/aromatic N) is 3. The Kier molecular flexibility index (Phi) is 3.88. The summed E-state index contributed by atoms with van der Waals surface area (Å²) in [6, 6.07) is 9.69. The molecule has 4 rings (SSSR count). The molecule has 1 aromatic carbocycles. The molecule has 0 aliphatic rings. The first-order chi connectivity index (χ1) is 13.0. The highest BCUT2D eigenvalue weighted by Gasteiger charge is 2.22. The third-order valence-corrected chi connectivity index (χ3v) is 4.27. The molecule has 3 aromatic heterocycles. The highest BCUT2D eigenvalue weighted by Crippen LogP contribution is 2.26. The maximum absolute atomic E-state index is 13.0. The van der Waals surface area contributed by atoms with Crippen LogP contribution in [0.2, 0.25) is 0 Å². The first kappa shape index (κ1) is 16.8. The van der Waals surface area contributed by atoms with Gasteiger partial charge in [-0.2, -0.15) is 0 Å². The van der Waals surface area contributed by atoms with Crippen molar-refractivity contribution in [3.05, 3.63) is 69.6 Å². The summed E-state index contributed by atoms with van der Waals surface area (Å²) in [5.41, 5.74) is 2.80. The summed E-state index contributed by atoms with van der Waals surface area (Å²) in [7, 11) is 0. The predicted octanol–water partition coefficient (Wildman–Crippen LogP) is 2.86. The fraction of sp³-hybridized carbons (Fsp3) is 0.158. The number of oxazole rings is 1. The molecule has 3 heterocycles. The summed E-state index contributed by atoms with van der Waals surface area (Å²) >= 11 is 0. The van der Waals surface area contributed by atoms with Gasteiger partial charge in [0.25, 0.3) is 11.5 Å². The van der Waals surface area contributed by atoms with Crippen molar-refractivity contribution in [1.82, 2.24) is 19.6 Å². The van der Waals surface area contributed by atoms with E-state index in [2.05, 4.69) is 20.4 Å². The van der Waals surface area contributed by atoms with Crippen LogP contribution >= 0.6 is 0 Å². The van der Waals surface area contributed by atoms with Gasteiger partial charge >= 0.3 is 6.01 Å². The fourth-order valence-corrected chi connectivity index (χ4v) is 3.07. The number of rotatable bonds is 3. The van der Waals surface area contributed by atoms with Crippen LogP contribution < -0.4 is 10.9 Å². The minimum Gasteiger partial charge on any atom is -0.429 e. The van der Waals surface area contributed by atoms with E-state index in [9.17, 15) is 9.59 Å². The molecule has 8 heteroatoms. The number of carbonyl (C=O) groups is 1. The van der Waals surface area contributed by atoms with Crippen molar-refractivity contribution in [3.8, 4) is 11.1 Å². The lowest BCUT2D eigenvalue weighted by atomic mass is 10.1. The van der Waals surface area contributed by atoms with Crippen LogP contribution in [0.3, 0.4) is 0 Å². The van der Waals surface area contributed by atoms with Crippen LogP contribution in [-0.4, -0.2) is 25.5 Å². The molecule has 0 atom stereocenters. The average molecular weight is 363 g/mol. The van der Waals surface area contributed by atoms with E-state index in [-0.39, 0.29) is 11.6 Å². The van der Waals surface area contributed by atoms with Gasteiger partial charge in [-0.15, -0.1) is 0 Å². The number of aromatic amines is 1. The van der Waals surface area contributed by atoms with E-state index >= 15 is 0 Å². The molecule has 0 fully saturated rings. The Balaban J connectivity index is 1.85. The first-order valence-electron chi connectivity index (χ1n) is 8.37. The summed E-state index contributed by atoms with van der Waals surface area (Å²) in [5.74, 6) is -0.0606. The van der Waals surface area contributed by atoms with Crippen molar-refractivity contribution in [1.29, 1.82) is 0 Å². The van der Waals surface area contributed by atoms with Gasteiger partial charge in [-0.05, 0) is 26.3 Å². The van der Waals surface area contributed by atoms with E-state index in [0.29, 0.717) is 17.1 Å². The van der Waals surface area contributed by atoms with Crippen LogP contribution in [0.25, 0.3) is 16.8 Å². The van der Waals surface area contributed by atoms with Gasteiger partial charge in [0.1, 0.15) is 11.3 Å². The molecule has 0 aliphatic heterocycles. The molecule has 0 unspecified atom stereocenters. The molecule has 4 aromatic rings. The number of hydrogen-bond acceptors (Lipinski definition) is 5. The van der Waals surface area contributed by atoms with Crippen molar-refractivity contribution in [2.75, 3.05) is 5.32 Å². The van der Waals surface area contributed by atoms with Gasteiger partial charge in [-0.3, -0.25) is 20.0 Å². The van der Waals surface area contributed by atoms with E-state index in [1.807, 2.05) is 37.3 Å². The summed E-state index contributed by atoms with van der Waals surface area (Å²) in [6.45, 7) is 5.21. The Hall–Kier alpha value is -3.68. The molecule has 0 saturated carbocycles. The van der Waals surface area contributed by atoms with Gasteiger partial charge in [0, 0.05) is 11.3 Å². The number of hydrogen-bond donors (Lipinski definition) is 2. The number of anilines is 1. The van der Waals surface area contributed by atoms with Gasteiger partial charge in [0.2, 0.25) is 0 Å². The van der Waals surface area contributed by atoms with E-state index < -0.39 is 11.5 Å². The summed E-state index contributed by atoms with van der Waals surface area (Å²) in [4.78, 5) is 34.0. The average Bonchev–Trinajstić information content (AvgIpc) is 3.18. The Morgan fingerprint density at radius 1 is 1.19 bits per heavy atom. The molecule has 0 aliphatic carbocycles. The van der Waals surface area contributed by atoms with Crippen molar-refractivity contribution in [2.45, 2.75) is 20.8 Å². The molecule has 0 bridgehead atoms. The molecular weight excluding hydrogens is 346 g/mol. The molecule has 0 radical (unpaired) electrons.